The number of rotatable bonds is 1. The predicted molar refractivity (Wildman–Crippen MR) is 40.4 cm³/mol. The molecule has 0 unspecified atom stereocenters. The fourth-order valence-corrected chi connectivity index (χ4v) is 0.417. The summed E-state index contributed by atoms with van der Waals surface area (Å²) in [6.07, 6.45) is 3.20. The quantitative estimate of drug-likeness (QED) is 0.599. The Labute approximate surface area is 60.8 Å². The number of aromatic nitrogens is 1. The zero-order valence-electron chi connectivity index (χ0n) is 6.24. The van der Waals surface area contributed by atoms with Crippen molar-refractivity contribution in [3.8, 4) is 5.75 Å². The van der Waals surface area contributed by atoms with Crippen LogP contribution in [0.2, 0.25) is 0 Å². The molecule has 0 aliphatic rings. The molecule has 1 heterocycles. The van der Waals surface area contributed by atoms with Crippen LogP contribution in [0.4, 0.5) is 0 Å². The van der Waals surface area contributed by atoms with Gasteiger partial charge in [-0.25, -0.2) is 0 Å². The Hall–Kier alpha value is -1.09. The Bertz CT molecular complexity index is 153. The molecule has 0 aliphatic heterocycles. The van der Waals surface area contributed by atoms with Crippen molar-refractivity contribution >= 4 is 0 Å². The maximum Gasteiger partial charge on any atom is 0.165 e. The second-order valence-electron chi connectivity index (χ2n) is 1.31. The molecule has 0 aliphatic carbocycles. The van der Waals surface area contributed by atoms with Crippen LogP contribution in [0.1, 0.15) is 13.8 Å². The Kier molecular flexibility index (Phi) is 5.38. The van der Waals surface area contributed by atoms with E-state index < -0.39 is 0 Å². The van der Waals surface area contributed by atoms with Crippen molar-refractivity contribution in [2.75, 3.05) is 0 Å². The summed E-state index contributed by atoms with van der Waals surface area (Å²) < 4.78 is 0. The summed E-state index contributed by atoms with van der Waals surface area (Å²) in [7, 11) is 0. The largest absolute Gasteiger partial charge is 0.410 e. The van der Waals surface area contributed by atoms with Crippen LogP contribution < -0.4 is 10.7 Å². The summed E-state index contributed by atoms with van der Waals surface area (Å²) in [5.41, 5.74) is 0. The highest BCUT2D eigenvalue weighted by molar-refractivity contribution is 5.14. The molecule has 1 aromatic heterocycles. The van der Waals surface area contributed by atoms with Gasteiger partial charge < -0.3 is 4.84 Å². The van der Waals surface area contributed by atoms with Crippen molar-refractivity contribution in [3.63, 3.8) is 0 Å². The molecule has 0 fully saturated rings. The van der Waals surface area contributed by atoms with Gasteiger partial charge in [-0.2, -0.15) is 5.90 Å². The van der Waals surface area contributed by atoms with Crippen LogP contribution in [0.15, 0.2) is 24.5 Å². The minimum atomic E-state index is 0.576. The average Bonchev–Trinajstić information content (AvgIpc) is 2.10. The standard InChI is InChI=1S/C5H6N2O.C2H6/c6-8-5-2-1-3-7-4-5;1-2/h1-4H,6H2;1-2H3. The van der Waals surface area contributed by atoms with E-state index in [0.717, 1.165) is 0 Å². The number of hydrogen-bond acceptors (Lipinski definition) is 3. The first-order valence-electron chi connectivity index (χ1n) is 3.20. The molecule has 3 nitrogen and oxygen atoms in total. The average molecular weight is 140 g/mol. The molecule has 2 N–H and O–H groups in total. The molecule has 0 atom stereocenters. The van der Waals surface area contributed by atoms with E-state index in [1.54, 1.807) is 24.5 Å². The molecule has 3 heteroatoms. The van der Waals surface area contributed by atoms with E-state index in [0.29, 0.717) is 5.75 Å². The molecule has 10 heavy (non-hydrogen) atoms. The Morgan fingerprint density at radius 2 is 2.20 bits per heavy atom. The van der Waals surface area contributed by atoms with Gasteiger partial charge in [0.05, 0.1) is 6.20 Å². The molecule has 0 amide bonds. The fourth-order valence-electron chi connectivity index (χ4n) is 0.417. The first-order chi connectivity index (χ1) is 4.93. The van der Waals surface area contributed by atoms with E-state index in [-0.39, 0.29) is 0 Å². The number of pyridine rings is 1. The smallest absolute Gasteiger partial charge is 0.165 e. The first kappa shape index (κ1) is 8.91. The summed E-state index contributed by atoms with van der Waals surface area (Å²) in [4.78, 5) is 8.10. The molecule has 0 spiro atoms. The zero-order valence-corrected chi connectivity index (χ0v) is 6.24. The van der Waals surface area contributed by atoms with Gasteiger partial charge in [0.1, 0.15) is 0 Å². The third kappa shape index (κ3) is 3.04. The van der Waals surface area contributed by atoms with Crippen LogP contribution in [0, 0.1) is 0 Å². The number of nitrogens with two attached hydrogens (primary N) is 1. The van der Waals surface area contributed by atoms with Gasteiger partial charge in [-0.05, 0) is 12.1 Å². The van der Waals surface area contributed by atoms with Gasteiger partial charge in [-0.3, -0.25) is 4.98 Å². The molecular formula is C7H12N2O. The molecule has 1 aromatic rings. The molecule has 1 rings (SSSR count). The van der Waals surface area contributed by atoms with E-state index in [9.17, 15) is 0 Å². The van der Waals surface area contributed by atoms with Crippen molar-refractivity contribution in [1.29, 1.82) is 0 Å². The number of nitrogens with zero attached hydrogens (tertiary/aromatic N) is 1. The molecule has 0 radical (unpaired) electrons. The van der Waals surface area contributed by atoms with Gasteiger partial charge in [0.25, 0.3) is 0 Å². The van der Waals surface area contributed by atoms with Crippen LogP contribution in [-0.4, -0.2) is 4.98 Å². The highest BCUT2D eigenvalue weighted by Crippen LogP contribution is 2.01. The van der Waals surface area contributed by atoms with Crippen molar-refractivity contribution in [2.24, 2.45) is 5.90 Å². The highest BCUT2D eigenvalue weighted by Gasteiger charge is 1.82. The highest BCUT2D eigenvalue weighted by atomic mass is 16.6. The normalized spacial score (nSPS) is 7.50. The summed E-state index contributed by atoms with van der Waals surface area (Å²) >= 11 is 0. The third-order valence-corrected chi connectivity index (χ3v) is 0.770. The molecule has 0 saturated carbocycles. The predicted octanol–water partition coefficient (Wildman–Crippen LogP) is 1.36. The van der Waals surface area contributed by atoms with E-state index in [2.05, 4.69) is 9.82 Å². The maximum atomic E-state index is 4.81. The van der Waals surface area contributed by atoms with Crippen LogP contribution in [0.3, 0.4) is 0 Å². The topological polar surface area (TPSA) is 48.1 Å². The van der Waals surface area contributed by atoms with Crippen LogP contribution in [-0.2, 0) is 0 Å². The van der Waals surface area contributed by atoms with E-state index >= 15 is 0 Å². The molecule has 0 aromatic carbocycles. The summed E-state index contributed by atoms with van der Waals surface area (Å²) in [5.74, 6) is 5.39. The lowest BCUT2D eigenvalue weighted by atomic mass is 10.5. The second-order valence-corrected chi connectivity index (χ2v) is 1.31. The zero-order chi connectivity index (χ0) is 7.82. The SMILES string of the molecule is CC.NOc1cccnc1. The lowest BCUT2D eigenvalue weighted by Crippen LogP contribution is -2.01. The van der Waals surface area contributed by atoms with E-state index in [1.165, 1.54) is 0 Å². The third-order valence-electron chi connectivity index (χ3n) is 0.770. The van der Waals surface area contributed by atoms with Crippen LogP contribution >= 0.6 is 0 Å². The van der Waals surface area contributed by atoms with Crippen molar-refractivity contribution in [3.05, 3.63) is 24.5 Å². The minimum Gasteiger partial charge on any atom is -0.410 e. The van der Waals surface area contributed by atoms with Gasteiger partial charge in [0, 0.05) is 6.20 Å². The fraction of sp³-hybridized carbons (Fsp3) is 0.286. The van der Waals surface area contributed by atoms with E-state index in [4.69, 9.17) is 5.90 Å². The maximum absolute atomic E-state index is 4.81. The molecular weight excluding hydrogens is 128 g/mol. The van der Waals surface area contributed by atoms with Gasteiger partial charge in [-0.1, -0.05) is 13.8 Å². The van der Waals surface area contributed by atoms with Gasteiger partial charge in [0.2, 0.25) is 0 Å². The lowest BCUT2D eigenvalue weighted by molar-refractivity contribution is 0.333. The van der Waals surface area contributed by atoms with Crippen molar-refractivity contribution < 1.29 is 4.84 Å². The lowest BCUT2D eigenvalue weighted by Gasteiger charge is -1.91. The van der Waals surface area contributed by atoms with Gasteiger partial charge in [0.15, 0.2) is 5.75 Å². The molecule has 0 bridgehead atoms. The van der Waals surface area contributed by atoms with Crippen molar-refractivity contribution in [2.45, 2.75) is 13.8 Å². The molecule has 56 valence electrons. The van der Waals surface area contributed by atoms with Gasteiger partial charge in [-0.15, -0.1) is 0 Å². The van der Waals surface area contributed by atoms with Crippen LogP contribution in [0.5, 0.6) is 5.75 Å². The first-order valence-corrected chi connectivity index (χ1v) is 3.20. The second kappa shape index (κ2) is 6.04. The molecule has 0 saturated heterocycles. The van der Waals surface area contributed by atoms with Gasteiger partial charge >= 0.3 is 0 Å². The monoisotopic (exact) mass is 140 g/mol. The van der Waals surface area contributed by atoms with E-state index in [1.807, 2.05) is 13.8 Å². The number of hydrogen-bond donors (Lipinski definition) is 1. The summed E-state index contributed by atoms with van der Waals surface area (Å²) in [6, 6.07) is 3.48. The van der Waals surface area contributed by atoms with Crippen LogP contribution in [0.25, 0.3) is 0 Å². The van der Waals surface area contributed by atoms with Crippen molar-refractivity contribution in [1.82, 2.24) is 4.98 Å². The minimum absolute atomic E-state index is 0.576. The Morgan fingerprint density at radius 1 is 1.50 bits per heavy atom. The Morgan fingerprint density at radius 3 is 2.50 bits per heavy atom. The summed E-state index contributed by atoms with van der Waals surface area (Å²) in [6.45, 7) is 4.00. The Balaban J connectivity index is 0.000000371. The summed E-state index contributed by atoms with van der Waals surface area (Å²) in [5, 5.41) is 0.